The van der Waals surface area contributed by atoms with E-state index in [0.717, 1.165) is 44.8 Å². The first kappa shape index (κ1) is 19.7. The third kappa shape index (κ3) is 5.67. The summed E-state index contributed by atoms with van der Waals surface area (Å²) in [5, 5.41) is 9.98. The Labute approximate surface area is 144 Å². The highest BCUT2D eigenvalue weighted by Crippen LogP contribution is 2.32. The molecule has 1 aliphatic carbocycles. The zero-order valence-electron chi connectivity index (χ0n) is 12.7. The van der Waals surface area contributed by atoms with Crippen LogP contribution < -0.4 is 0 Å². The van der Waals surface area contributed by atoms with Gasteiger partial charge in [0.2, 0.25) is 0 Å². The molecule has 1 unspecified atom stereocenters. The highest BCUT2D eigenvalue weighted by atomic mass is 35.5. The maximum atomic E-state index is 13.2. The van der Waals surface area contributed by atoms with Crippen LogP contribution in [0.2, 0.25) is 0 Å². The zero-order valence-corrected chi connectivity index (χ0v) is 14.3. The van der Waals surface area contributed by atoms with Crippen molar-refractivity contribution < 1.29 is 9.50 Å². The first-order valence-electron chi connectivity index (χ1n) is 7.58. The summed E-state index contributed by atoms with van der Waals surface area (Å²) >= 11 is 0. The van der Waals surface area contributed by atoms with Gasteiger partial charge in [0.25, 0.3) is 0 Å². The van der Waals surface area contributed by atoms with Crippen LogP contribution in [-0.4, -0.2) is 53.7 Å². The molecule has 0 aromatic heterocycles. The summed E-state index contributed by atoms with van der Waals surface area (Å²) in [5.41, 5.74) is 1.04. The molecule has 1 saturated carbocycles. The number of nitrogens with zero attached hydrogens (tertiary/aromatic N) is 2. The summed E-state index contributed by atoms with van der Waals surface area (Å²) in [6, 6.07) is 6.85. The Morgan fingerprint density at radius 3 is 2.32 bits per heavy atom. The first-order valence-corrected chi connectivity index (χ1v) is 7.58. The van der Waals surface area contributed by atoms with Crippen LogP contribution in [0.25, 0.3) is 0 Å². The van der Waals surface area contributed by atoms with Gasteiger partial charge >= 0.3 is 0 Å². The second kappa shape index (κ2) is 9.04. The largest absolute Gasteiger partial charge is 0.392 e. The Balaban J connectivity index is 0.00000121. The molecule has 0 amide bonds. The van der Waals surface area contributed by atoms with Crippen molar-refractivity contribution in [2.75, 3.05) is 32.7 Å². The molecule has 2 aliphatic rings. The molecule has 1 saturated heterocycles. The Morgan fingerprint density at radius 2 is 1.73 bits per heavy atom. The normalized spacial score (nSPS) is 20.8. The van der Waals surface area contributed by atoms with Crippen LogP contribution in [0, 0.1) is 11.7 Å². The van der Waals surface area contributed by atoms with Crippen molar-refractivity contribution in [2.24, 2.45) is 5.92 Å². The van der Waals surface area contributed by atoms with Gasteiger partial charge in [0.1, 0.15) is 5.82 Å². The molecule has 3 nitrogen and oxygen atoms in total. The molecule has 1 aliphatic heterocycles. The van der Waals surface area contributed by atoms with E-state index in [-0.39, 0.29) is 36.7 Å². The van der Waals surface area contributed by atoms with E-state index in [4.69, 9.17) is 0 Å². The Bertz CT molecular complexity index is 452. The van der Waals surface area contributed by atoms with Gasteiger partial charge in [0, 0.05) is 39.3 Å². The third-order valence-electron chi connectivity index (χ3n) is 4.37. The summed E-state index contributed by atoms with van der Waals surface area (Å²) in [6.07, 6.45) is 2.26. The molecule has 0 bridgehead atoms. The van der Waals surface area contributed by atoms with E-state index >= 15 is 0 Å². The predicted octanol–water partition coefficient (Wildman–Crippen LogP) is 2.56. The van der Waals surface area contributed by atoms with Gasteiger partial charge in [-0.3, -0.25) is 9.80 Å². The lowest BCUT2D eigenvalue weighted by Gasteiger charge is -2.35. The van der Waals surface area contributed by atoms with Crippen molar-refractivity contribution in [3.63, 3.8) is 0 Å². The van der Waals surface area contributed by atoms with Gasteiger partial charge in [-0.2, -0.15) is 0 Å². The minimum atomic E-state index is -0.159. The van der Waals surface area contributed by atoms with Gasteiger partial charge < -0.3 is 5.11 Å². The molecule has 0 spiro atoms. The highest BCUT2D eigenvalue weighted by Gasteiger charge is 2.31. The standard InChI is InChI=1S/C16H23FN2O.2ClH/c17-15-3-1-2-13(10-15)11-18-6-8-19(9-7-18)12-16(20)14-4-5-14;;/h1-3,10,14,16,20H,4-9,11-12H2;2*1H. The van der Waals surface area contributed by atoms with E-state index in [1.807, 2.05) is 6.07 Å². The topological polar surface area (TPSA) is 26.7 Å². The zero-order chi connectivity index (χ0) is 13.9. The second-order valence-corrected chi connectivity index (χ2v) is 6.11. The van der Waals surface area contributed by atoms with E-state index in [1.165, 1.54) is 18.9 Å². The first-order chi connectivity index (χ1) is 9.70. The SMILES string of the molecule is Cl.Cl.OC(CN1CCN(Cc2cccc(F)c2)CC1)C1CC1. The van der Waals surface area contributed by atoms with Crippen LogP contribution in [-0.2, 0) is 6.54 Å². The Hall–Kier alpha value is -0.390. The Morgan fingerprint density at radius 1 is 1.09 bits per heavy atom. The van der Waals surface area contributed by atoms with E-state index in [2.05, 4.69) is 9.80 Å². The van der Waals surface area contributed by atoms with Gasteiger partial charge in [-0.25, -0.2) is 4.39 Å². The maximum absolute atomic E-state index is 13.2. The van der Waals surface area contributed by atoms with Crippen LogP contribution in [0.5, 0.6) is 0 Å². The fourth-order valence-corrected chi connectivity index (χ4v) is 2.92. The summed E-state index contributed by atoms with van der Waals surface area (Å²) in [6.45, 7) is 5.62. The van der Waals surface area contributed by atoms with Crippen molar-refractivity contribution in [3.05, 3.63) is 35.6 Å². The quantitative estimate of drug-likeness (QED) is 0.883. The van der Waals surface area contributed by atoms with Crippen LogP contribution in [0.4, 0.5) is 4.39 Å². The average Bonchev–Trinajstić information content (AvgIpc) is 3.25. The molecule has 1 aromatic rings. The van der Waals surface area contributed by atoms with Crippen LogP contribution in [0.15, 0.2) is 24.3 Å². The molecule has 2 fully saturated rings. The molecule has 6 heteroatoms. The summed E-state index contributed by atoms with van der Waals surface area (Å²) in [7, 11) is 0. The number of piperazine rings is 1. The molecule has 126 valence electrons. The minimum Gasteiger partial charge on any atom is -0.392 e. The number of benzene rings is 1. The van der Waals surface area contributed by atoms with Crippen molar-refractivity contribution in [1.29, 1.82) is 0 Å². The lowest BCUT2D eigenvalue weighted by Crippen LogP contribution is -2.48. The number of halogens is 3. The van der Waals surface area contributed by atoms with Crippen molar-refractivity contribution >= 4 is 24.8 Å². The fourth-order valence-electron chi connectivity index (χ4n) is 2.92. The van der Waals surface area contributed by atoms with E-state index in [0.29, 0.717) is 5.92 Å². The van der Waals surface area contributed by atoms with Gasteiger partial charge in [0.05, 0.1) is 6.10 Å². The predicted molar refractivity (Wildman–Crippen MR) is 91.3 cm³/mol. The molecule has 1 heterocycles. The van der Waals surface area contributed by atoms with Gasteiger partial charge in [-0.1, -0.05) is 12.1 Å². The molecular formula is C16H25Cl2FN2O. The molecular weight excluding hydrogens is 326 g/mol. The molecule has 22 heavy (non-hydrogen) atoms. The summed E-state index contributed by atoms with van der Waals surface area (Å²) in [5.74, 6) is 0.397. The minimum absolute atomic E-state index is 0. The molecule has 0 radical (unpaired) electrons. The monoisotopic (exact) mass is 350 g/mol. The molecule has 1 N–H and O–H groups in total. The van der Waals surface area contributed by atoms with Crippen molar-refractivity contribution in [3.8, 4) is 0 Å². The smallest absolute Gasteiger partial charge is 0.123 e. The van der Waals surface area contributed by atoms with Crippen LogP contribution in [0.1, 0.15) is 18.4 Å². The number of rotatable bonds is 5. The van der Waals surface area contributed by atoms with E-state index in [1.54, 1.807) is 12.1 Å². The Kier molecular flexibility index (Phi) is 8.08. The van der Waals surface area contributed by atoms with Gasteiger partial charge in [-0.15, -0.1) is 24.8 Å². The molecule has 1 atom stereocenters. The fraction of sp³-hybridized carbons (Fsp3) is 0.625. The number of hydrogen-bond donors (Lipinski definition) is 1. The van der Waals surface area contributed by atoms with Crippen molar-refractivity contribution in [1.82, 2.24) is 9.80 Å². The van der Waals surface area contributed by atoms with Crippen LogP contribution >= 0.6 is 24.8 Å². The van der Waals surface area contributed by atoms with E-state index in [9.17, 15) is 9.50 Å². The highest BCUT2D eigenvalue weighted by molar-refractivity contribution is 5.85. The maximum Gasteiger partial charge on any atom is 0.123 e. The lowest BCUT2D eigenvalue weighted by molar-refractivity contribution is 0.0601. The second-order valence-electron chi connectivity index (χ2n) is 6.11. The summed E-state index contributed by atoms with van der Waals surface area (Å²) < 4.78 is 13.2. The third-order valence-corrected chi connectivity index (χ3v) is 4.37. The number of β-amino-alcohol motifs (C(OH)–C–C–N with tert-alkyl or cyclic N) is 1. The molecule has 1 aromatic carbocycles. The van der Waals surface area contributed by atoms with Gasteiger partial charge in [0.15, 0.2) is 0 Å². The number of hydrogen-bond acceptors (Lipinski definition) is 3. The van der Waals surface area contributed by atoms with E-state index < -0.39 is 0 Å². The molecule has 3 rings (SSSR count). The number of aliphatic hydroxyl groups is 1. The lowest BCUT2D eigenvalue weighted by atomic mass is 10.1. The van der Waals surface area contributed by atoms with Crippen molar-refractivity contribution in [2.45, 2.75) is 25.5 Å². The van der Waals surface area contributed by atoms with Gasteiger partial charge in [-0.05, 0) is 36.5 Å². The number of aliphatic hydroxyl groups excluding tert-OH is 1. The summed E-state index contributed by atoms with van der Waals surface area (Å²) in [4.78, 5) is 4.71. The average molecular weight is 351 g/mol. The van der Waals surface area contributed by atoms with Crippen LogP contribution in [0.3, 0.4) is 0 Å².